The Hall–Kier alpha value is -0.861. The van der Waals surface area contributed by atoms with E-state index in [-0.39, 0.29) is 30.2 Å². The van der Waals surface area contributed by atoms with Gasteiger partial charge in [-0.3, -0.25) is 10.1 Å². The molecule has 0 aromatic heterocycles. The molecule has 0 aliphatic rings. The SMILES string of the molecule is C.O=[N+]([O-])c1ccccc1.[Fe]. The van der Waals surface area contributed by atoms with Gasteiger partial charge in [0.15, 0.2) is 0 Å². The second-order valence-corrected chi connectivity index (χ2v) is 1.59. The molecule has 3 nitrogen and oxygen atoms in total. The Kier molecular flexibility index (Phi) is 6.84. The van der Waals surface area contributed by atoms with Crippen LogP contribution in [0.2, 0.25) is 0 Å². The van der Waals surface area contributed by atoms with Gasteiger partial charge in [0.2, 0.25) is 0 Å². The van der Waals surface area contributed by atoms with Gasteiger partial charge in [0.25, 0.3) is 5.69 Å². The van der Waals surface area contributed by atoms with Gasteiger partial charge in [-0.25, -0.2) is 0 Å². The van der Waals surface area contributed by atoms with Gasteiger partial charge in [0.1, 0.15) is 0 Å². The smallest absolute Gasteiger partial charge is 0.258 e. The molecule has 0 fully saturated rings. The number of non-ortho nitro benzene ring substituents is 1. The maximum atomic E-state index is 10.0. The predicted octanol–water partition coefficient (Wildman–Crippen LogP) is 2.23. The third-order valence-corrected chi connectivity index (χ3v) is 0.967. The molecule has 1 aromatic rings. The summed E-state index contributed by atoms with van der Waals surface area (Å²) in [6.45, 7) is 0. The second-order valence-electron chi connectivity index (χ2n) is 1.59. The molecule has 1 aromatic carbocycles. The first-order chi connectivity index (χ1) is 4.30. The molecular weight excluding hydrogens is 186 g/mol. The molecule has 0 heterocycles. The van der Waals surface area contributed by atoms with Crippen molar-refractivity contribution in [3.63, 3.8) is 0 Å². The van der Waals surface area contributed by atoms with Crippen LogP contribution >= 0.6 is 0 Å². The third-order valence-electron chi connectivity index (χ3n) is 0.967. The van der Waals surface area contributed by atoms with Crippen LogP contribution < -0.4 is 0 Å². The van der Waals surface area contributed by atoms with Crippen molar-refractivity contribution in [3.05, 3.63) is 40.4 Å². The van der Waals surface area contributed by atoms with E-state index < -0.39 is 4.92 Å². The molecule has 0 amide bonds. The average molecular weight is 195 g/mol. The Morgan fingerprint density at radius 1 is 1.18 bits per heavy atom. The fourth-order valence-corrected chi connectivity index (χ4v) is 0.550. The normalized spacial score (nSPS) is 7.27. The van der Waals surface area contributed by atoms with E-state index in [0.717, 1.165) is 0 Å². The summed E-state index contributed by atoms with van der Waals surface area (Å²) < 4.78 is 0. The van der Waals surface area contributed by atoms with Crippen molar-refractivity contribution in [1.29, 1.82) is 0 Å². The van der Waals surface area contributed by atoms with Crippen LogP contribution in [0.3, 0.4) is 0 Å². The minimum Gasteiger partial charge on any atom is -0.258 e. The fraction of sp³-hybridized carbons (Fsp3) is 0.143. The van der Waals surface area contributed by atoms with Gasteiger partial charge in [-0.05, 0) is 0 Å². The molecule has 0 bridgehead atoms. The topological polar surface area (TPSA) is 43.1 Å². The molecule has 0 radical (unpaired) electrons. The number of benzene rings is 1. The molecule has 0 saturated carbocycles. The van der Waals surface area contributed by atoms with Crippen LogP contribution in [0.1, 0.15) is 7.43 Å². The zero-order chi connectivity index (χ0) is 6.69. The number of rotatable bonds is 1. The number of para-hydroxylation sites is 1. The van der Waals surface area contributed by atoms with Gasteiger partial charge >= 0.3 is 0 Å². The summed E-state index contributed by atoms with van der Waals surface area (Å²) in [5.41, 5.74) is 0.137. The van der Waals surface area contributed by atoms with Crippen molar-refractivity contribution in [2.45, 2.75) is 7.43 Å². The number of nitrogens with zero attached hydrogens (tertiary/aromatic N) is 1. The molecule has 0 saturated heterocycles. The zero-order valence-corrected chi connectivity index (χ0v) is 6.11. The first kappa shape index (κ1) is 12.8. The van der Waals surface area contributed by atoms with Crippen LogP contribution in [0, 0.1) is 10.1 Å². The summed E-state index contributed by atoms with van der Waals surface area (Å²) in [7, 11) is 0. The molecule has 0 unspecified atom stereocenters. The van der Waals surface area contributed by atoms with Crippen molar-refractivity contribution in [2.24, 2.45) is 0 Å². The average Bonchev–Trinajstić information content (AvgIpc) is 1.90. The fourth-order valence-electron chi connectivity index (χ4n) is 0.550. The largest absolute Gasteiger partial charge is 0.269 e. The summed E-state index contributed by atoms with van der Waals surface area (Å²) in [5.74, 6) is 0. The van der Waals surface area contributed by atoms with Crippen LogP contribution in [-0.2, 0) is 17.1 Å². The molecule has 4 heteroatoms. The maximum Gasteiger partial charge on any atom is 0.269 e. The van der Waals surface area contributed by atoms with Crippen LogP contribution in [0.5, 0.6) is 0 Å². The van der Waals surface area contributed by atoms with E-state index in [1.54, 1.807) is 18.2 Å². The van der Waals surface area contributed by atoms with Crippen molar-refractivity contribution < 1.29 is 22.0 Å². The van der Waals surface area contributed by atoms with Crippen LogP contribution in [0.15, 0.2) is 30.3 Å². The maximum absolute atomic E-state index is 10.0. The van der Waals surface area contributed by atoms with Crippen LogP contribution in [0.4, 0.5) is 5.69 Å². The van der Waals surface area contributed by atoms with Crippen molar-refractivity contribution >= 4 is 5.69 Å². The van der Waals surface area contributed by atoms with E-state index in [2.05, 4.69) is 0 Å². The molecule has 1 rings (SSSR count). The van der Waals surface area contributed by atoms with Gasteiger partial charge in [0.05, 0.1) is 4.92 Å². The Morgan fingerprint density at radius 3 is 1.91 bits per heavy atom. The molecule has 0 N–H and O–H groups in total. The first-order valence-corrected chi connectivity index (χ1v) is 2.50. The minimum atomic E-state index is -0.417. The molecule has 0 spiro atoms. The predicted molar refractivity (Wildman–Crippen MR) is 39.8 cm³/mol. The Balaban J connectivity index is 0. The van der Waals surface area contributed by atoms with E-state index in [9.17, 15) is 10.1 Å². The molecule has 0 atom stereocenters. The summed E-state index contributed by atoms with van der Waals surface area (Å²) in [6.07, 6.45) is 0. The Morgan fingerprint density at radius 2 is 1.64 bits per heavy atom. The van der Waals surface area contributed by atoms with Crippen LogP contribution in [0.25, 0.3) is 0 Å². The van der Waals surface area contributed by atoms with Gasteiger partial charge in [0, 0.05) is 29.2 Å². The van der Waals surface area contributed by atoms with Gasteiger partial charge < -0.3 is 0 Å². The Bertz CT molecular complexity index is 213. The zero-order valence-electron chi connectivity index (χ0n) is 5.00. The number of nitro groups is 1. The second kappa shape index (κ2) is 5.89. The summed E-state index contributed by atoms with van der Waals surface area (Å²) in [6, 6.07) is 7.93. The summed E-state index contributed by atoms with van der Waals surface area (Å²) in [5, 5.41) is 10.0. The molecule has 0 aliphatic carbocycles. The van der Waals surface area contributed by atoms with Gasteiger partial charge in [-0.1, -0.05) is 25.6 Å². The molecule has 62 valence electrons. The monoisotopic (exact) mass is 195 g/mol. The van der Waals surface area contributed by atoms with Gasteiger partial charge in [-0.2, -0.15) is 0 Å². The van der Waals surface area contributed by atoms with Gasteiger partial charge in [-0.15, -0.1) is 0 Å². The van der Waals surface area contributed by atoms with E-state index in [1.807, 2.05) is 0 Å². The standard InChI is InChI=1S/C6H5NO2.CH4.Fe/c8-7(9)6-4-2-1-3-5-6;;/h1-5H;1H4;. The first-order valence-electron chi connectivity index (χ1n) is 2.50. The third kappa shape index (κ3) is 3.75. The molecule has 0 aliphatic heterocycles. The summed E-state index contributed by atoms with van der Waals surface area (Å²) in [4.78, 5) is 9.59. The van der Waals surface area contributed by atoms with E-state index in [4.69, 9.17) is 0 Å². The van der Waals surface area contributed by atoms with E-state index in [0.29, 0.717) is 0 Å². The number of hydrogen-bond acceptors (Lipinski definition) is 2. The quantitative estimate of drug-likeness (QED) is 0.391. The number of nitro benzene ring substituents is 1. The van der Waals surface area contributed by atoms with Crippen molar-refractivity contribution in [3.8, 4) is 0 Å². The minimum absolute atomic E-state index is 0. The molecular formula is C7H9FeNO2. The molecule has 11 heavy (non-hydrogen) atoms. The summed E-state index contributed by atoms with van der Waals surface area (Å²) >= 11 is 0. The van der Waals surface area contributed by atoms with Crippen molar-refractivity contribution in [1.82, 2.24) is 0 Å². The van der Waals surface area contributed by atoms with Crippen LogP contribution in [-0.4, -0.2) is 4.92 Å². The van der Waals surface area contributed by atoms with E-state index >= 15 is 0 Å². The van der Waals surface area contributed by atoms with E-state index in [1.165, 1.54) is 12.1 Å². The van der Waals surface area contributed by atoms with Crippen molar-refractivity contribution in [2.75, 3.05) is 0 Å². The Labute approximate surface area is 76.1 Å². The number of hydrogen-bond donors (Lipinski definition) is 0.